The number of halogens is 1. The fourth-order valence-corrected chi connectivity index (χ4v) is 4.10. The molecule has 0 bridgehead atoms. The molecule has 0 aliphatic carbocycles. The van der Waals surface area contributed by atoms with Gasteiger partial charge in [-0.25, -0.2) is 23.8 Å². The van der Waals surface area contributed by atoms with Crippen molar-refractivity contribution in [2.45, 2.75) is 47.0 Å². The second-order valence-electron chi connectivity index (χ2n) is 7.17. The number of carbonyl (C=O) groups is 2. The van der Waals surface area contributed by atoms with Crippen LogP contribution in [0.3, 0.4) is 0 Å². The Kier molecular flexibility index (Phi) is 7.68. The Morgan fingerprint density at radius 2 is 1.84 bits per heavy atom. The first-order valence-corrected chi connectivity index (χ1v) is 11.3. The maximum absolute atomic E-state index is 13.4. The molecule has 0 atom stereocenters. The normalized spacial score (nSPS) is 10.9. The van der Waals surface area contributed by atoms with E-state index in [-0.39, 0.29) is 18.2 Å². The topological polar surface area (TPSA) is 90.2 Å². The molecule has 0 saturated carbocycles. The number of amides is 1. The molecule has 0 aliphatic rings. The SMILES string of the molecule is CCCCCN(C(=O)c1nc(C)n(-c2ccc(F)cc2)n1)c1nc(C)c(C(=O)OCC)s1. The van der Waals surface area contributed by atoms with Crippen LogP contribution in [-0.2, 0) is 4.74 Å². The standard InChI is InChI=1S/C22H26FN5O3S/c1-5-7-8-13-27(22-24-14(3)18(32-22)21(30)31-6-2)20(29)19-25-15(4)28(26-19)17-11-9-16(23)10-12-17/h9-12H,5-8,13H2,1-4H3. The van der Waals surface area contributed by atoms with Crippen LogP contribution < -0.4 is 4.90 Å². The number of rotatable bonds is 9. The van der Waals surface area contributed by atoms with Crippen molar-refractivity contribution >= 4 is 28.3 Å². The molecule has 1 amide bonds. The molecule has 10 heteroatoms. The van der Waals surface area contributed by atoms with Crippen molar-refractivity contribution in [2.75, 3.05) is 18.1 Å². The first-order valence-electron chi connectivity index (χ1n) is 10.5. The van der Waals surface area contributed by atoms with Gasteiger partial charge in [0.1, 0.15) is 16.5 Å². The number of carbonyl (C=O) groups excluding carboxylic acids is 2. The number of hydrogen-bond acceptors (Lipinski definition) is 7. The quantitative estimate of drug-likeness (QED) is 0.346. The van der Waals surface area contributed by atoms with Crippen LogP contribution in [0.25, 0.3) is 5.69 Å². The van der Waals surface area contributed by atoms with Gasteiger partial charge in [-0.15, -0.1) is 5.10 Å². The first-order chi connectivity index (χ1) is 15.3. The van der Waals surface area contributed by atoms with E-state index in [4.69, 9.17) is 4.74 Å². The average Bonchev–Trinajstić information content (AvgIpc) is 3.34. The molecule has 1 aromatic carbocycles. The van der Waals surface area contributed by atoms with Crippen LogP contribution in [0.5, 0.6) is 0 Å². The van der Waals surface area contributed by atoms with Crippen LogP contribution in [0.15, 0.2) is 24.3 Å². The zero-order valence-corrected chi connectivity index (χ0v) is 19.4. The van der Waals surface area contributed by atoms with Gasteiger partial charge in [0.15, 0.2) is 5.13 Å². The summed E-state index contributed by atoms with van der Waals surface area (Å²) in [5, 5.41) is 4.76. The predicted octanol–water partition coefficient (Wildman–Crippen LogP) is 4.49. The predicted molar refractivity (Wildman–Crippen MR) is 120 cm³/mol. The molecule has 0 radical (unpaired) electrons. The van der Waals surface area contributed by atoms with Crippen molar-refractivity contribution in [3.8, 4) is 5.69 Å². The van der Waals surface area contributed by atoms with E-state index >= 15 is 0 Å². The summed E-state index contributed by atoms with van der Waals surface area (Å²) < 4.78 is 19.9. The summed E-state index contributed by atoms with van der Waals surface area (Å²) >= 11 is 1.12. The lowest BCUT2D eigenvalue weighted by Crippen LogP contribution is -2.33. The highest BCUT2D eigenvalue weighted by molar-refractivity contribution is 7.17. The van der Waals surface area contributed by atoms with E-state index in [1.54, 1.807) is 32.9 Å². The fourth-order valence-electron chi connectivity index (χ4n) is 3.12. The lowest BCUT2D eigenvalue weighted by atomic mass is 10.2. The number of benzene rings is 1. The number of esters is 1. The molecule has 0 fully saturated rings. The number of aryl methyl sites for hydroxylation is 2. The Labute approximate surface area is 190 Å². The Morgan fingerprint density at radius 1 is 1.12 bits per heavy atom. The third-order valence-corrected chi connectivity index (χ3v) is 5.90. The van der Waals surface area contributed by atoms with Crippen LogP contribution in [0, 0.1) is 19.7 Å². The van der Waals surface area contributed by atoms with E-state index < -0.39 is 11.9 Å². The zero-order chi connectivity index (χ0) is 23.3. The Hall–Kier alpha value is -3.14. The van der Waals surface area contributed by atoms with Gasteiger partial charge in [-0.05, 0) is 51.5 Å². The molecule has 0 aliphatic heterocycles. The van der Waals surface area contributed by atoms with Crippen molar-refractivity contribution < 1.29 is 18.7 Å². The number of hydrogen-bond donors (Lipinski definition) is 0. The number of nitrogens with zero attached hydrogens (tertiary/aromatic N) is 5. The maximum Gasteiger partial charge on any atom is 0.350 e. The van der Waals surface area contributed by atoms with Crippen LogP contribution in [0.1, 0.15) is 64.9 Å². The van der Waals surface area contributed by atoms with Crippen molar-refractivity contribution in [2.24, 2.45) is 0 Å². The summed E-state index contributed by atoms with van der Waals surface area (Å²) in [4.78, 5) is 36.3. The van der Waals surface area contributed by atoms with Crippen molar-refractivity contribution in [1.82, 2.24) is 19.7 Å². The minimum Gasteiger partial charge on any atom is -0.462 e. The van der Waals surface area contributed by atoms with E-state index in [1.165, 1.54) is 21.7 Å². The largest absolute Gasteiger partial charge is 0.462 e. The van der Waals surface area contributed by atoms with E-state index in [0.29, 0.717) is 33.8 Å². The van der Waals surface area contributed by atoms with Crippen molar-refractivity contribution in [1.29, 1.82) is 0 Å². The fraction of sp³-hybridized carbons (Fsp3) is 0.409. The molecule has 0 unspecified atom stereocenters. The highest BCUT2D eigenvalue weighted by Crippen LogP contribution is 2.28. The average molecular weight is 460 g/mol. The third-order valence-electron chi connectivity index (χ3n) is 4.74. The summed E-state index contributed by atoms with van der Waals surface area (Å²) in [6.45, 7) is 7.93. The molecular formula is C22H26FN5O3S. The number of unbranched alkanes of at least 4 members (excludes halogenated alkanes) is 2. The van der Waals surface area contributed by atoms with E-state index in [9.17, 15) is 14.0 Å². The van der Waals surface area contributed by atoms with Gasteiger partial charge in [-0.1, -0.05) is 31.1 Å². The van der Waals surface area contributed by atoms with Crippen LogP contribution in [-0.4, -0.2) is 44.8 Å². The van der Waals surface area contributed by atoms with Crippen LogP contribution in [0.2, 0.25) is 0 Å². The van der Waals surface area contributed by atoms with Gasteiger partial charge in [-0.2, -0.15) is 0 Å². The molecule has 3 rings (SSSR count). The minimum absolute atomic E-state index is 0.00820. The van der Waals surface area contributed by atoms with E-state index in [2.05, 4.69) is 22.0 Å². The highest BCUT2D eigenvalue weighted by Gasteiger charge is 2.27. The third kappa shape index (κ3) is 5.18. The maximum atomic E-state index is 13.4. The first kappa shape index (κ1) is 23.5. The van der Waals surface area contributed by atoms with Gasteiger partial charge < -0.3 is 4.74 Å². The van der Waals surface area contributed by atoms with Gasteiger partial charge in [-0.3, -0.25) is 9.69 Å². The van der Waals surface area contributed by atoms with Crippen LogP contribution >= 0.6 is 11.3 Å². The molecule has 32 heavy (non-hydrogen) atoms. The molecule has 0 N–H and O–H groups in total. The molecule has 170 valence electrons. The summed E-state index contributed by atoms with van der Waals surface area (Å²) in [5.41, 5.74) is 1.11. The number of ether oxygens (including phenoxy) is 1. The molecule has 8 nitrogen and oxygen atoms in total. The van der Waals surface area contributed by atoms with Gasteiger partial charge in [0.2, 0.25) is 5.82 Å². The summed E-state index contributed by atoms with van der Waals surface area (Å²) in [7, 11) is 0. The van der Waals surface area contributed by atoms with Gasteiger partial charge in [0.05, 0.1) is 18.0 Å². The smallest absolute Gasteiger partial charge is 0.350 e. The molecule has 0 spiro atoms. The highest BCUT2D eigenvalue weighted by atomic mass is 32.1. The molecule has 3 aromatic rings. The second kappa shape index (κ2) is 10.4. The number of thiazole rings is 1. The van der Waals surface area contributed by atoms with Crippen molar-refractivity contribution in [3.63, 3.8) is 0 Å². The zero-order valence-electron chi connectivity index (χ0n) is 18.6. The Morgan fingerprint density at radius 3 is 2.50 bits per heavy atom. The second-order valence-corrected chi connectivity index (χ2v) is 8.14. The molecular weight excluding hydrogens is 433 g/mol. The molecule has 2 aromatic heterocycles. The van der Waals surface area contributed by atoms with Crippen LogP contribution in [0.4, 0.5) is 9.52 Å². The Balaban J connectivity index is 1.93. The molecule has 2 heterocycles. The summed E-state index contributed by atoms with van der Waals surface area (Å²) in [5.74, 6) is -0.718. The summed E-state index contributed by atoms with van der Waals surface area (Å²) in [6, 6.07) is 5.79. The lowest BCUT2D eigenvalue weighted by molar-refractivity contribution is 0.0531. The number of anilines is 1. The summed E-state index contributed by atoms with van der Waals surface area (Å²) in [6.07, 6.45) is 2.70. The van der Waals surface area contributed by atoms with Gasteiger partial charge >= 0.3 is 5.97 Å². The van der Waals surface area contributed by atoms with E-state index in [1.807, 2.05) is 0 Å². The minimum atomic E-state index is -0.454. The van der Waals surface area contributed by atoms with Gasteiger partial charge in [0, 0.05) is 6.54 Å². The van der Waals surface area contributed by atoms with E-state index in [0.717, 1.165) is 30.6 Å². The van der Waals surface area contributed by atoms with Crippen molar-refractivity contribution in [3.05, 3.63) is 52.3 Å². The Bertz CT molecular complexity index is 1090. The monoisotopic (exact) mass is 459 g/mol. The van der Waals surface area contributed by atoms with Gasteiger partial charge in [0.25, 0.3) is 5.91 Å². The molecule has 0 saturated heterocycles. The number of aromatic nitrogens is 4. The lowest BCUT2D eigenvalue weighted by Gasteiger charge is -2.18.